The quantitative estimate of drug-likeness (QED) is 0.215. The zero-order valence-electron chi connectivity index (χ0n) is 25.1. The summed E-state index contributed by atoms with van der Waals surface area (Å²) >= 11 is 0. The summed E-state index contributed by atoms with van der Waals surface area (Å²) < 4.78 is 0. The molecule has 0 atom stereocenters. The largest absolute Gasteiger partial charge is 0.344 e. The summed E-state index contributed by atoms with van der Waals surface area (Å²) in [6.07, 6.45) is 12.0. The monoisotopic (exact) mass is 538 g/mol. The van der Waals surface area contributed by atoms with Gasteiger partial charge in [0.15, 0.2) is 0 Å². The topological polar surface area (TPSA) is 109 Å². The lowest BCUT2D eigenvalue weighted by atomic mass is 9.87. The number of aryl methyl sites for hydroxylation is 4. The first-order chi connectivity index (χ1) is 19.2. The summed E-state index contributed by atoms with van der Waals surface area (Å²) in [4.78, 5) is 16.1. The summed E-state index contributed by atoms with van der Waals surface area (Å²) in [5, 5.41) is 0. The fraction of sp³-hybridized carbons (Fsp3) is 0.412. The van der Waals surface area contributed by atoms with Gasteiger partial charge in [-0.1, -0.05) is 77.9 Å². The van der Waals surface area contributed by atoms with Crippen molar-refractivity contribution in [2.45, 2.75) is 80.3 Å². The Morgan fingerprint density at radius 1 is 0.650 bits per heavy atom. The van der Waals surface area contributed by atoms with Gasteiger partial charge in [0.25, 0.3) is 0 Å². The number of H-pyrrole nitrogens is 2. The molecule has 0 radical (unpaired) electrons. The fourth-order valence-electron chi connectivity index (χ4n) is 4.87. The van der Waals surface area contributed by atoms with Gasteiger partial charge in [-0.05, 0) is 59.8 Å². The normalized spacial score (nSPS) is 12.4. The molecule has 0 aliphatic heterocycles. The fourth-order valence-corrected chi connectivity index (χ4v) is 4.87. The SMILES string of the molecule is C#C.CC(C)C.CC(C)C.NCc1nc2c([nH]1)CCc1cc(-c3ccc4c(c3)CCc3[nH]c(CN)nc3-4)ccc1-2. The Bertz CT molecular complexity index is 1310. The maximum atomic E-state index is 5.77. The summed E-state index contributed by atoms with van der Waals surface area (Å²) in [7, 11) is 0. The van der Waals surface area contributed by atoms with E-state index in [1.807, 2.05) is 0 Å². The minimum Gasteiger partial charge on any atom is -0.344 e. The molecule has 4 aromatic rings. The zero-order valence-corrected chi connectivity index (χ0v) is 25.1. The minimum absolute atomic E-state index is 0.444. The predicted molar refractivity (Wildman–Crippen MR) is 169 cm³/mol. The van der Waals surface area contributed by atoms with Crippen molar-refractivity contribution in [3.63, 3.8) is 0 Å². The third-order valence-electron chi connectivity index (χ3n) is 6.39. The number of terminal acetylenes is 1. The van der Waals surface area contributed by atoms with Crippen molar-refractivity contribution >= 4 is 0 Å². The first-order valence-corrected chi connectivity index (χ1v) is 14.4. The molecule has 0 spiro atoms. The minimum atomic E-state index is 0.444. The second-order valence-electron chi connectivity index (χ2n) is 11.6. The van der Waals surface area contributed by atoms with Gasteiger partial charge in [-0.15, -0.1) is 12.8 Å². The summed E-state index contributed by atoms with van der Waals surface area (Å²) in [5.74, 6) is 3.39. The maximum Gasteiger partial charge on any atom is 0.120 e. The van der Waals surface area contributed by atoms with E-state index in [9.17, 15) is 0 Å². The Morgan fingerprint density at radius 2 is 1.00 bits per heavy atom. The number of imidazole rings is 2. The van der Waals surface area contributed by atoms with E-state index < -0.39 is 0 Å². The first-order valence-electron chi connectivity index (χ1n) is 14.4. The summed E-state index contributed by atoms with van der Waals surface area (Å²) in [6, 6.07) is 13.5. The van der Waals surface area contributed by atoms with Crippen molar-refractivity contribution in [1.82, 2.24) is 19.9 Å². The molecule has 0 saturated carbocycles. The standard InChI is InChI=1S/C24H24N6.2C4H10.C2H2/c25-11-21-27-19-7-3-15-9-13(1-5-17(15)23(19)29-21)14-2-6-18-16(10-14)4-8-20-24(18)30-22(12-26)28-20;2*1-4(2)3;1-2/h1-2,5-6,9-10H,3-4,7-8,11-12,25-26H2,(H,27,29)(H,28,30);2*4H,1-3H3;1-2H. The Hall–Kier alpha value is -3.66. The third kappa shape index (κ3) is 7.29. The number of nitrogens with zero attached hydrogens (tertiary/aromatic N) is 2. The van der Waals surface area contributed by atoms with Crippen molar-refractivity contribution in [2.24, 2.45) is 23.3 Å². The molecule has 6 nitrogen and oxygen atoms in total. The van der Waals surface area contributed by atoms with Crippen LogP contribution in [0.4, 0.5) is 0 Å². The molecule has 2 heterocycles. The number of hydrogen-bond acceptors (Lipinski definition) is 4. The summed E-state index contributed by atoms with van der Waals surface area (Å²) in [6.45, 7) is 13.9. The molecule has 2 aromatic carbocycles. The average Bonchev–Trinajstić information content (AvgIpc) is 3.57. The van der Waals surface area contributed by atoms with Crippen molar-refractivity contribution in [1.29, 1.82) is 0 Å². The van der Waals surface area contributed by atoms with Gasteiger partial charge in [-0.2, -0.15) is 0 Å². The number of benzene rings is 2. The lowest BCUT2D eigenvalue weighted by molar-refractivity contribution is 0.736. The van der Waals surface area contributed by atoms with E-state index in [1.165, 1.54) is 44.8 Å². The van der Waals surface area contributed by atoms with Crippen LogP contribution in [0.1, 0.15) is 75.7 Å². The Morgan fingerprint density at radius 3 is 1.32 bits per heavy atom. The second kappa shape index (κ2) is 14.1. The number of fused-ring (bicyclic) bond motifs is 6. The van der Waals surface area contributed by atoms with E-state index >= 15 is 0 Å². The average molecular weight is 539 g/mol. The molecular weight excluding hydrogens is 492 g/mol. The molecule has 2 aliphatic carbocycles. The lowest BCUT2D eigenvalue weighted by Crippen LogP contribution is -2.05. The molecule has 2 aliphatic rings. The van der Waals surface area contributed by atoms with E-state index in [4.69, 9.17) is 21.4 Å². The highest BCUT2D eigenvalue weighted by Crippen LogP contribution is 2.37. The van der Waals surface area contributed by atoms with Crippen LogP contribution >= 0.6 is 0 Å². The predicted octanol–water partition coefficient (Wildman–Crippen LogP) is 6.82. The maximum absolute atomic E-state index is 5.77. The molecule has 6 rings (SSSR count). The highest BCUT2D eigenvalue weighted by molar-refractivity contribution is 5.78. The van der Waals surface area contributed by atoms with Crippen LogP contribution in [0.25, 0.3) is 33.6 Å². The van der Waals surface area contributed by atoms with Crippen molar-refractivity contribution in [3.8, 4) is 46.5 Å². The summed E-state index contributed by atoms with van der Waals surface area (Å²) in [5.41, 5.74) is 23.8. The van der Waals surface area contributed by atoms with Crippen LogP contribution in [0.15, 0.2) is 36.4 Å². The van der Waals surface area contributed by atoms with Crippen LogP contribution in [0.5, 0.6) is 0 Å². The van der Waals surface area contributed by atoms with E-state index in [1.54, 1.807) is 0 Å². The second-order valence-corrected chi connectivity index (χ2v) is 11.6. The van der Waals surface area contributed by atoms with Crippen LogP contribution < -0.4 is 11.5 Å². The smallest absolute Gasteiger partial charge is 0.120 e. The number of aromatic nitrogens is 4. The first kappa shape index (κ1) is 30.9. The Labute approximate surface area is 240 Å². The van der Waals surface area contributed by atoms with Gasteiger partial charge in [0.2, 0.25) is 0 Å². The van der Waals surface area contributed by atoms with Crippen molar-refractivity contribution < 1.29 is 0 Å². The van der Waals surface area contributed by atoms with Gasteiger partial charge in [0.1, 0.15) is 11.6 Å². The van der Waals surface area contributed by atoms with Gasteiger partial charge in [0.05, 0.1) is 24.5 Å². The molecule has 0 unspecified atom stereocenters. The number of nitrogens with one attached hydrogen (secondary N) is 2. The van der Waals surface area contributed by atoms with E-state index in [2.05, 4.69) is 101 Å². The van der Waals surface area contributed by atoms with E-state index in [-0.39, 0.29) is 0 Å². The number of rotatable bonds is 3. The van der Waals surface area contributed by atoms with Crippen molar-refractivity contribution in [2.75, 3.05) is 0 Å². The van der Waals surface area contributed by atoms with Crippen LogP contribution in [-0.4, -0.2) is 19.9 Å². The van der Waals surface area contributed by atoms with Crippen molar-refractivity contribution in [3.05, 3.63) is 70.6 Å². The van der Waals surface area contributed by atoms with Gasteiger partial charge < -0.3 is 21.4 Å². The Balaban J connectivity index is 0.000000388. The van der Waals surface area contributed by atoms with Crippen LogP contribution in [0, 0.1) is 24.7 Å². The van der Waals surface area contributed by atoms with Gasteiger partial charge in [-0.3, -0.25) is 0 Å². The van der Waals surface area contributed by atoms with E-state index in [0.29, 0.717) is 13.1 Å². The van der Waals surface area contributed by atoms with Crippen LogP contribution in [-0.2, 0) is 38.8 Å². The number of aromatic amines is 2. The highest BCUT2D eigenvalue weighted by atomic mass is 15.0. The molecule has 212 valence electrons. The molecule has 0 saturated heterocycles. The molecular formula is C34H46N6. The molecule has 40 heavy (non-hydrogen) atoms. The van der Waals surface area contributed by atoms with Crippen LogP contribution in [0.3, 0.4) is 0 Å². The third-order valence-corrected chi connectivity index (χ3v) is 6.39. The number of hydrogen-bond donors (Lipinski definition) is 4. The van der Waals surface area contributed by atoms with Gasteiger partial charge in [0, 0.05) is 22.5 Å². The van der Waals surface area contributed by atoms with Gasteiger partial charge in [-0.25, -0.2) is 9.97 Å². The van der Waals surface area contributed by atoms with Gasteiger partial charge >= 0.3 is 0 Å². The highest BCUT2D eigenvalue weighted by Gasteiger charge is 2.22. The molecule has 0 amide bonds. The zero-order chi connectivity index (χ0) is 29.4. The molecule has 2 aromatic heterocycles. The lowest BCUT2D eigenvalue weighted by Gasteiger charge is -2.18. The molecule has 0 fully saturated rings. The molecule has 0 bridgehead atoms. The Kier molecular flexibility index (Phi) is 10.9. The molecule has 6 N–H and O–H groups in total. The molecule has 6 heteroatoms. The number of nitrogens with two attached hydrogens (primary N) is 2. The van der Waals surface area contributed by atoms with E-state index in [0.717, 1.165) is 60.6 Å². The van der Waals surface area contributed by atoms with Crippen LogP contribution in [0.2, 0.25) is 0 Å².